The minimum atomic E-state index is -0.469. The first-order valence-corrected chi connectivity index (χ1v) is 7.33. The van der Waals surface area contributed by atoms with Crippen molar-refractivity contribution >= 4 is 17.7 Å². The van der Waals surface area contributed by atoms with E-state index in [2.05, 4.69) is 0 Å². The van der Waals surface area contributed by atoms with Gasteiger partial charge in [-0.1, -0.05) is 12.1 Å². The molecule has 1 saturated heterocycles. The molecule has 6 heteroatoms. The lowest BCUT2D eigenvalue weighted by atomic mass is 9.99. The van der Waals surface area contributed by atoms with Crippen LogP contribution in [-0.2, 0) is 14.3 Å². The first-order valence-electron chi connectivity index (χ1n) is 7.33. The van der Waals surface area contributed by atoms with Crippen LogP contribution in [0.15, 0.2) is 30.3 Å². The molecule has 1 atom stereocenters. The molecule has 1 saturated carbocycles. The maximum Gasteiger partial charge on any atom is 0.331 e. The lowest BCUT2D eigenvalue weighted by Gasteiger charge is -2.21. The molecule has 3 rings (SSSR count). The summed E-state index contributed by atoms with van der Waals surface area (Å²) in [5.41, 5.74) is -0.0176. The number of hydrogen-bond acceptors (Lipinski definition) is 5. The molecule has 0 spiro atoms. The van der Waals surface area contributed by atoms with Gasteiger partial charge in [-0.05, 0) is 31.4 Å². The summed E-state index contributed by atoms with van der Waals surface area (Å²) >= 11 is 0. The Labute approximate surface area is 127 Å². The van der Waals surface area contributed by atoms with E-state index in [0.29, 0.717) is 12.2 Å². The number of carbonyl (C=O) groups is 1. The average molecular weight is 303 g/mol. The fraction of sp³-hybridized carbons (Fsp3) is 0.438. The fourth-order valence-corrected chi connectivity index (χ4v) is 2.85. The Bertz CT molecular complexity index is 615. The molecule has 0 N–H and O–H groups in total. The van der Waals surface area contributed by atoms with E-state index < -0.39 is 10.9 Å². The van der Waals surface area contributed by atoms with Crippen LogP contribution in [0.2, 0.25) is 0 Å². The Kier molecular flexibility index (Phi) is 3.94. The van der Waals surface area contributed by atoms with E-state index in [4.69, 9.17) is 9.47 Å². The molecule has 2 fully saturated rings. The van der Waals surface area contributed by atoms with Crippen LogP contribution in [0.4, 0.5) is 5.69 Å². The van der Waals surface area contributed by atoms with Crippen LogP contribution in [0.1, 0.15) is 24.8 Å². The van der Waals surface area contributed by atoms with E-state index in [1.54, 1.807) is 18.2 Å². The SMILES string of the molecule is O=C(/C=C/c1ccccc1[N+](=O)[O-])OC1(C2CCOC2)CC1. The van der Waals surface area contributed by atoms with Crippen molar-refractivity contribution in [3.8, 4) is 0 Å². The van der Waals surface area contributed by atoms with E-state index >= 15 is 0 Å². The second kappa shape index (κ2) is 5.88. The molecule has 1 aromatic rings. The van der Waals surface area contributed by atoms with E-state index in [1.165, 1.54) is 18.2 Å². The highest BCUT2D eigenvalue weighted by Crippen LogP contribution is 2.49. The van der Waals surface area contributed by atoms with E-state index in [0.717, 1.165) is 25.9 Å². The maximum absolute atomic E-state index is 12.0. The Balaban J connectivity index is 1.66. The summed E-state index contributed by atoms with van der Waals surface area (Å²) in [6, 6.07) is 6.28. The number of hydrogen-bond donors (Lipinski definition) is 0. The molecule has 2 aliphatic rings. The van der Waals surface area contributed by atoms with Gasteiger partial charge in [-0.25, -0.2) is 4.79 Å². The van der Waals surface area contributed by atoms with Crippen molar-refractivity contribution in [2.24, 2.45) is 5.92 Å². The zero-order chi connectivity index (χ0) is 15.6. The number of nitro groups is 1. The third kappa shape index (κ3) is 3.01. The Morgan fingerprint density at radius 2 is 2.18 bits per heavy atom. The summed E-state index contributed by atoms with van der Waals surface area (Å²) in [7, 11) is 0. The van der Waals surface area contributed by atoms with Crippen LogP contribution < -0.4 is 0 Å². The number of para-hydroxylation sites is 1. The minimum Gasteiger partial charge on any atom is -0.456 e. The number of benzene rings is 1. The predicted molar refractivity (Wildman–Crippen MR) is 79.1 cm³/mol. The molecule has 1 heterocycles. The second-order valence-electron chi connectivity index (χ2n) is 5.70. The van der Waals surface area contributed by atoms with Gasteiger partial charge in [-0.15, -0.1) is 0 Å². The smallest absolute Gasteiger partial charge is 0.331 e. The predicted octanol–water partition coefficient (Wildman–Crippen LogP) is 2.72. The van der Waals surface area contributed by atoms with Gasteiger partial charge >= 0.3 is 5.97 Å². The van der Waals surface area contributed by atoms with Gasteiger partial charge in [0.05, 0.1) is 17.1 Å². The molecule has 22 heavy (non-hydrogen) atoms. The van der Waals surface area contributed by atoms with Gasteiger partial charge in [0.2, 0.25) is 0 Å². The highest BCUT2D eigenvalue weighted by molar-refractivity contribution is 5.88. The molecule has 1 unspecified atom stereocenters. The Hall–Kier alpha value is -2.21. The van der Waals surface area contributed by atoms with Gasteiger partial charge in [0.1, 0.15) is 5.60 Å². The zero-order valence-corrected chi connectivity index (χ0v) is 12.1. The number of carbonyl (C=O) groups excluding carboxylic acids is 1. The third-order valence-electron chi connectivity index (χ3n) is 4.25. The van der Waals surface area contributed by atoms with Gasteiger partial charge in [0.25, 0.3) is 5.69 Å². The minimum absolute atomic E-state index is 0.0307. The van der Waals surface area contributed by atoms with Gasteiger partial charge < -0.3 is 9.47 Å². The van der Waals surface area contributed by atoms with Gasteiger partial charge in [-0.3, -0.25) is 10.1 Å². The normalized spacial score (nSPS) is 22.6. The van der Waals surface area contributed by atoms with Crippen molar-refractivity contribution in [3.63, 3.8) is 0 Å². The molecule has 1 aliphatic heterocycles. The van der Waals surface area contributed by atoms with Crippen molar-refractivity contribution in [1.82, 2.24) is 0 Å². The molecule has 0 amide bonds. The van der Waals surface area contributed by atoms with E-state index in [9.17, 15) is 14.9 Å². The van der Waals surface area contributed by atoms with Crippen molar-refractivity contribution in [2.75, 3.05) is 13.2 Å². The molecular formula is C16H17NO5. The Morgan fingerprint density at radius 3 is 2.82 bits per heavy atom. The highest BCUT2D eigenvalue weighted by atomic mass is 16.6. The quantitative estimate of drug-likeness (QED) is 0.362. The van der Waals surface area contributed by atoms with Crippen LogP contribution in [0.25, 0.3) is 6.08 Å². The average Bonchev–Trinajstić information content (AvgIpc) is 3.07. The van der Waals surface area contributed by atoms with Crippen molar-refractivity contribution < 1.29 is 19.2 Å². The first-order chi connectivity index (χ1) is 10.6. The van der Waals surface area contributed by atoms with E-state index in [1.807, 2.05) is 0 Å². The summed E-state index contributed by atoms with van der Waals surface area (Å²) in [5.74, 6) is -0.182. The van der Waals surface area contributed by atoms with Crippen LogP contribution in [-0.4, -0.2) is 29.7 Å². The van der Waals surface area contributed by atoms with Crippen LogP contribution in [0.3, 0.4) is 0 Å². The van der Waals surface area contributed by atoms with Crippen LogP contribution in [0.5, 0.6) is 0 Å². The summed E-state index contributed by atoms with van der Waals surface area (Å²) in [6.45, 7) is 1.36. The molecule has 1 aromatic carbocycles. The first kappa shape index (κ1) is 14.7. The monoisotopic (exact) mass is 303 g/mol. The van der Waals surface area contributed by atoms with E-state index in [-0.39, 0.29) is 17.2 Å². The van der Waals surface area contributed by atoms with Gasteiger partial charge in [0.15, 0.2) is 0 Å². The number of nitrogens with zero attached hydrogens (tertiary/aromatic N) is 1. The summed E-state index contributed by atoms with van der Waals surface area (Å²) < 4.78 is 10.9. The standard InChI is InChI=1S/C16H17NO5/c18-15(22-16(8-9-16)13-7-10-21-11-13)6-5-12-3-1-2-4-14(12)17(19)20/h1-6,13H,7-11H2/b6-5+. The number of nitro benzene ring substituents is 1. The molecule has 6 nitrogen and oxygen atoms in total. The van der Waals surface area contributed by atoms with Crippen LogP contribution >= 0.6 is 0 Å². The van der Waals surface area contributed by atoms with Crippen molar-refractivity contribution in [1.29, 1.82) is 0 Å². The third-order valence-corrected chi connectivity index (χ3v) is 4.25. The van der Waals surface area contributed by atoms with Crippen molar-refractivity contribution in [2.45, 2.75) is 24.9 Å². The molecule has 0 bridgehead atoms. The number of esters is 1. The highest BCUT2D eigenvalue weighted by Gasteiger charge is 2.53. The second-order valence-corrected chi connectivity index (χ2v) is 5.70. The van der Waals surface area contributed by atoms with Gasteiger partial charge in [0, 0.05) is 24.7 Å². The number of ether oxygens (including phenoxy) is 2. The zero-order valence-electron chi connectivity index (χ0n) is 12.1. The van der Waals surface area contributed by atoms with Gasteiger partial charge in [-0.2, -0.15) is 0 Å². The lowest BCUT2D eigenvalue weighted by Crippen LogP contribution is -2.28. The topological polar surface area (TPSA) is 78.7 Å². The molecule has 1 aliphatic carbocycles. The fourth-order valence-electron chi connectivity index (χ4n) is 2.85. The number of rotatable bonds is 5. The summed E-state index contributed by atoms with van der Waals surface area (Å²) in [5, 5.41) is 10.9. The summed E-state index contributed by atoms with van der Waals surface area (Å²) in [6.07, 6.45) is 5.35. The summed E-state index contributed by atoms with van der Waals surface area (Å²) in [4.78, 5) is 22.4. The molecule has 116 valence electrons. The largest absolute Gasteiger partial charge is 0.456 e. The molecule has 0 radical (unpaired) electrons. The molecular weight excluding hydrogens is 286 g/mol. The lowest BCUT2D eigenvalue weighted by molar-refractivity contribution is -0.385. The maximum atomic E-state index is 12.0. The van der Waals surface area contributed by atoms with Crippen molar-refractivity contribution in [3.05, 3.63) is 46.0 Å². The Morgan fingerprint density at radius 1 is 1.41 bits per heavy atom. The van der Waals surface area contributed by atoms with Crippen LogP contribution in [0, 0.1) is 16.0 Å². The molecule has 0 aromatic heterocycles.